The van der Waals surface area contributed by atoms with Gasteiger partial charge in [0, 0.05) is 32.7 Å². The molecule has 2 aromatic heterocycles. The highest BCUT2D eigenvalue weighted by Gasteiger charge is 2.36. The molecule has 0 aliphatic rings. The van der Waals surface area contributed by atoms with Crippen molar-refractivity contribution in [3.63, 3.8) is 0 Å². The molecule has 2 aromatic carbocycles. The normalized spacial score (nSPS) is 12.4. The van der Waals surface area contributed by atoms with Crippen LogP contribution in [-0.4, -0.2) is 30.0 Å². The van der Waals surface area contributed by atoms with Gasteiger partial charge in [0.15, 0.2) is 0 Å². The van der Waals surface area contributed by atoms with Crippen molar-refractivity contribution in [2.75, 3.05) is 0 Å². The molecule has 0 saturated heterocycles. The smallest absolute Gasteiger partial charge is 0.206 e. The third kappa shape index (κ3) is 5.67. The second-order valence-electron chi connectivity index (χ2n) is 7.34. The molecular weight excluding hydrogens is 579 g/mol. The summed E-state index contributed by atoms with van der Waals surface area (Å²) in [5, 5.41) is 12.1. The van der Waals surface area contributed by atoms with Gasteiger partial charge in [0.2, 0.25) is 0 Å². The molecular formula is C20H10Cl2F8N6S. The molecule has 0 bridgehead atoms. The number of rotatable bonds is 6. The van der Waals surface area contributed by atoms with Gasteiger partial charge in [-0.3, -0.25) is 0 Å². The number of benzene rings is 2. The fourth-order valence-corrected chi connectivity index (χ4v) is 4.90. The fourth-order valence-electron chi connectivity index (χ4n) is 3.28. The summed E-state index contributed by atoms with van der Waals surface area (Å²) in [6.07, 6.45) is -8.39. The van der Waals surface area contributed by atoms with Crippen LogP contribution in [0.25, 0.3) is 22.5 Å². The molecule has 196 valence electrons. The van der Waals surface area contributed by atoms with Crippen LogP contribution in [0.3, 0.4) is 0 Å². The molecule has 0 aliphatic carbocycles. The standard InChI is InChI=1S/C20H10Cl2F8N6S/c21-13-3-15(23)11(17-5-31-33-35(17)19(25,26)27)1-9(13)7-37-8-10-2-12(16(24)4-14(10)22)18-6-32-34-36(18)20(28,29)30/h1-6H,7-8H2. The van der Waals surface area contributed by atoms with Gasteiger partial charge in [-0.15, -0.1) is 36.5 Å². The van der Waals surface area contributed by atoms with Gasteiger partial charge in [-0.05, 0) is 35.4 Å². The Hall–Kier alpha value is -2.91. The Labute approximate surface area is 216 Å². The highest BCUT2D eigenvalue weighted by atomic mass is 35.5. The summed E-state index contributed by atoms with van der Waals surface area (Å²) < 4.78 is 107. The lowest BCUT2D eigenvalue weighted by Gasteiger charge is -2.13. The molecule has 6 nitrogen and oxygen atoms in total. The summed E-state index contributed by atoms with van der Waals surface area (Å²) >= 11 is 13.2. The minimum atomic E-state index is -4.94. The molecule has 0 spiro atoms. The number of nitrogens with zero attached hydrogens (tertiary/aromatic N) is 6. The monoisotopic (exact) mass is 588 g/mol. The van der Waals surface area contributed by atoms with Gasteiger partial charge in [0.05, 0.1) is 12.4 Å². The molecule has 0 N–H and O–H groups in total. The van der Waals surface area contributed by atoms with Gasteiger partial charge in [-0.1, -0.05) is 33.6 Å². The van der Waals surface area contributed by atoms with Crippen molar-refractivity contribution in [1.82, 2.24) is 30.0 Å². The first-order chi connectivity index (χ1) is 17.3. The summed E-state index contributed by atoms with van der Waals surface area (Å²) in [4.78, 5) is 0. The maximum absolute atomic E-state index is 14.5. The van der Waals surface area contributed by atoms with Gasteiger partial charge in [-0.25, -0.2) is 8.78 Å². The van der Waals surface area contributed by atoms with E-state index < -0.39 is 56.1 Å². The van der Waals surface area contributed by atoms with Gasteiger partial charge < -0.3 is 0 Å². The van der Waals surface area contributed by atoms with E-state index in [-0.39, 0.29) is 32.7 Å². The number of aromatic nitrogens is 6. The van der Waals surface area contributed by atoms with E-state index in [2.05, 4.69) is 20.6 Å². The van der Waals surface area contributed by atoms with E-state index in [1.54, 1.807) is 0 Å². The van der Waals surface area contributed by atoms with E-state index in [9.17, 15) is 35.1 Å². The second kappa shape index (κ2) is 10.1. The topological polar surface area (TPSA) is 61.4 Å². The Bertz CT molecular complexity index is 1340. The third-order valence-corrected chi connectivity index (χ3v) is 6.65. The van der Waals surface area contributed by atoms with Crippen LogP contribution < -0.4 is 0 Å². The van der Waals surface area contributed by atoms with E-state index in [1.165, 1.54) is 0 Å². The van der Waals surface area contributed by atoms with E-state index in [0.29, 0.717) is 0 Å². The van der Waals surface area contributed by atoms with Crippen molar-refractivity contribution in [1.29, 1.82) is 0 Å². The summed E-state index contributed by atoms with van der Waals surface area (Å²) in [6, 6.07) is 3.90. The first kappa shape index (κ1) is 27.1. The van der Waals surface area contributed by atoms with Crippen molar-refractivity contribution < 1.29 is 35.1 Å². The highest BCUT2D eigenvalue weighted by molar-refractivity contribution is 7.97. The Balaban J connectivity index is 1.59. The van der Waals surface area contributed by atoms with Crippen LogP contribution in [0.4, 0.5) is 35.1 Å². The maximum Gasteiger partial charge on any atom is 0.506 e. The van der Waals surface area contributed by atoms with Gasteiger partial charge in [-0.2, -0.15) is 21.1 Å². The van der Waals surface area contributed by atoms with Gasteiger partial charge >= 0.3 is 12.6 Å². The number of hydrogen-bond acceptors (Lipinski definition) is 5. The number of thioether (sulfide) groups is 1. The minimum Gasteiger partial charge on any atom is -0.206 e. The number of hydrogen-bond donors (Lipinski definition) is 0. The Morgan fingerprint density at radius 1 is 0.676 bits per heavy atom. The molecule has 37 heavy (non-hydrogen) atoms. The zero-order chi connectivity index (χ0) is 27.1. The highest BCUT2D eigenvalue weighted by Crippen LogP contribution is 2.36. The molecule has 17 heteroatoms. The molecule has 0 radical (unpaired) electrons. The molecule has 0 aliphatic heterocycles. The Kier molecular flexibility index (Phi) is 7.41. The third-order valence-electron chi connectivity index (χ3n) is 4.92. The predicted octanol–water partition coefficient (Wildman–Crippen LogP) is 7.17. The van der Waals surface area contributed by atoms with Crippen LogP contribution >= 0.6 is 35.0 Å². The molecule has 0 fully saturated rings. The maximum atomic E-state index is 14.5. The average Bonchev–Trinajstić information content (AvgIpc) is 3.46. The van der Waals surface area contributed by atoms with Crippen molar-refractivity contribution >= 4 is 35.0 Å². The van der Waals surface area contributed by atoms with Crippen molar-refractivity contribution in [2.24, 2.45) is 0 Å². The van der Waals surface area contributed by atoms with Gasteiger partial charge in [0.25, 0.3) is 0 Å². The molecule has 4 rings (SSSR count). The van der Waals surface area contributed by atoms with E-state index in [4.69, 9.17) is 23.2 Å². The lowest BCUT2D eigenvalue weighted by atomic mass is 10.1. The lowest BCUT2D eigenvalue weighted by Crippen LogP contribution is -2.19. The summed E-state index contributed by atoms with van der Waals surface area (Å²) in [5.74, 6) is -2.00. The molecule has 0 amide bonds. The molecule has 0 saturated carbocycles. The quantitative estimate of drug-likeness (QED) is 0.223. The minimum absolute atomic E-state index is 0.0325. The van der Waals surface area contributed by atoms with E-state index in [1.807, 2.05) is 0 Å². The zero-order valence-corrected chi connectivity index (χ0v) is 20.1. The first-order valence-electron chi connectivity index (χ1n) is 9.77. The fraction of sp³-hybridized carbons (Fsp3) is 0.200. The first-order valence-corrected chi connectivity index (χ1v) is 11.7. The molecule has 0 atom stereocenters. The Morgan fingerprint density at radius 3 is 1.41 bits per heavy atom. The second-order valence-corrected chi connectivity index (χ2v) is 9.14. The van der Waals surface area contributed by atoms with Crippen LogP contribution in [0.1, 0.15) is 11.1 Å². The van der Waals surface area contributed by atoms with Crippen LogP contribution in [-0.2, 0) is 24.1 Å². The van der Waals surface area contributed by atoms with Crippen LogP contribution in [0.5, 0.6) is 0 Å². The lowest BCUT2D eigenvalue weighted by molar-refractivity contribution is -0.212. The Morgan fingerprint density at radius 2 is 1.05 bits per heavy atom. The molecule has 0 unspecified atom stereocenters. The van der Waals surface area contributed by atoms with Crippen LogP contribution in [0, 0.1) is 11.6 Å². The van der Waals surface area contributed by atoms with E-state index in [0.717, 1.165) is 48.4 Å². The van der Waals surface area contributed by atoms with Crippen molar-refractivity contribution in [3.05, 3.63) is 69.5 Å². The van der Waals surface area contributed by atoms with E-state index >= 15 is 0 Å². The zero-order valence-electron chi connectivity index (χ0n) is 17.7. The average molecular weight is 589 g/mol. The van der Waals surface area contributed by atoms with Gasteiger partial charge in [0.1, 0.15) is 23.0 Å². The summed E-state index contributed by atoms with van der Waals surface area (Å²) in [6.45, 7) is 0. The van der Waals surface area contributed by atoms with Crippen molar-refractivity contribution in [2.45, 2.75) is 24.1 Å². The summed E-state index contributed by atoms with van der Waals surface area (Å²) in [5.41, 5.74) is -1.69. The molecule has 4 aromatic rings. The van der Waals surface area contributed by atoms with Crippen LogP contribution in [0.15, 0.2) is 36.7 Å². The SMILES string of the molecule is Fc1cc(Cl)c(CSCc2cc(-c3cnnn3C(F)(F)F)c(F)cc2Cl)cc1-c1cnnn1C(F)(F)F. The summed E-state index contributed by atoms with van der Waals surface area (Å²) in [7, 11) is 0. The van der Waals surface area contributed by atoms with Crippen molar-refractivity contribution in [3.8, 4) is 22.5 Å². The van der Waals surface area contributed by atoms with Crippen LogP contribution in [0.2, 0.25) is 10.0 Å². The largest absolute Gasteiger partial charge is 0.506 e. The number of halogens is 10. The molecule has 2 heterocycles. The predicted molar refractivity (Wildman–Crippen MR) is 118 cm³/mol. The number of alkyl halides is 6.